The molecule has 0 aromatic heterocycles. The highest BCUT2D eigenvalue weighted by molar-refractivity contribution is 4.80. The number of likely N-dealkylation sites (N-methyl/N-ethyl adjacent to an activating group) is 2. The Morgan fingerprint density at radius 1 is 0.298 bits per heavy atom. The van der Waals surface area contributed by atoms with Crippen LogP contribution in [0.5, 0.6) is 0 Å². The van der Waals surface area contributed by atoms with Gasteiger partial charge in [0.2, 0.25) is 0 Å². The molecular weight excluding hydrogens is 840 g/mol. The zero-order chi connectivity index (χ0) is 40.6. The van der Waals surface area contributed by atoms with Crippen molar-refractivity contribution in [2.24, 2.45) is 5.41 Å². The van der Waals surface area contributed by atoms with Crippen LogP contribution in [-0.4, -0.2) is 114 Å². The van der Waals surface area contributed by atoms with Crippen LogP contribution in [0.4, 0.5) is 0 Å². The number of quaternary nitrogens is 2. The summed E-state index contributed by atoms with van der Waals surface area (Å²) >= 11 is 0. The summed E-state index contributed by atoms with van der Waals surface area (Å²) in [7, 11) is 0. The van der Waals surface area contributed by atoms with Crippen LogP contribution in [0.2, 0.25) is 0 Å². The molecule has 348 valence electrons. The number of halogens is 2. The van der Waals surface area contributed by atoms with Crippen molar-refractivity contribution in [2.75, 3.05) is 105 Å². The number of unbranched alkanes of at least 4 members (excludes halogenated alkanes) is 20. The molecular formula is C49H104Br2N2O4. The lowest BCUT2D eigenvalue weighted by atomic mass is 9.84. The second-order valence-corrected chi connectivity index (χ2v) is 17.5. The van der Waals surface area contributed by atoms with Crippen LogP contribution in [0, 0.1) is 5.41 Å². The molecule has 0 saturated heterocycles. The average Bonchev–Trinajstić information content (AvgIpc) is 3.21. The first-order valence-electron chi connectivity index (χ1n) is 24.9. The molecule has 0 atom stereocenters. The summed E-state index contributed by atoms with van der Waals surface area (Å²) in [6.07, 6.45) is 31.8. The predicted molar refractivity (Wildman–Crippen MR) is 241 cm³/mol. The van der Waals surface area contributed by atoms with E-state index in [9.17, 15) is 0 Å². The second kappa shape index (κ2) is 44.8. The molecule has 0 aromatic carbocycles. The van der Waals surface area contributed by atoms with E-state index in [1.807, 2.05) is 0 Å². The Balaban J connectivity index is -0.0000146. The van der Waals surface area contributed by atoms with Crippen molar-refractivity contribution >= 4 is 0 Å². The van der Waals surface area contributed by atoms with Crippen LogP contribution < -0.4 is 34.0 Å². The number of rotatable bonds is 46. The lowest BCUT2D eigenvalue weighted by Gasteiger charge is -2.38. The molecule has 0 fully saturated rings. The molecule has 0 aromatic rings. The van der Waals surface area contributed by atoms with Crippen LogP contribution in [0.25, 0.3) is 0 Å². The molecule has 8 heteroatoms. The summed E-state index contributed by atoms with van der Waals surface area (Å²) in [5.74, 6) is 0. The van der Waals surface area contributed by atoms with E-state index in [2.05, 4.69) is 55.4 Å². The summed E-state index contributed by atoms with van der Waals surface area (Å²) in [6, 6.07) is 0. The molecule has 0 N–H and O–H groups in total. The van der Waals surface area contributed by atoms with Crippen LogP contribution >= 0.6 is 0 Å². The Morgan fingerprint density at radius 2 is 0.561 bits per heavy atom. The first-order chi connectivity index (χ1) is 26.9. The number of hydrogen-bond acceptors (Lipinski definition) is 4. The summed E-state index contributed by atoms with van der Waals surface area (Å²) in [5.41, 5.74) is -0.0806. The molecule has 6 nitrogen and oxygen atoms in total. The van der Waals surface area contributed by atoms with Crippen molar-refractivity contribution < 1.29 is 61.9 Å². The maximum Gasteiger partial charge on any atom is 0.102 e. The van der Waals surface area contributed by atoms with Gasteiger partial charge in [0.05, 0.1) is 72.3 Å². The molecule has 0 aliphatic rings. The van der Waals surface area contributed by atoms with Crippen molar-refractivity contribution in [2.45, 2.75) is 209 Å². The van der Waals surface area contributed by atoms with E-state index in [4.69, 9.17) is 18.9 Å². The maximum absolute atomic E-state index is 6.67. The minimum atomic E-state index is -0.0806. The molecule has 0 radical (unpaired) electrons. The van der Waals surface area contributed by atoms with Gasteiger partial charge >= 0.3 is 0 Å². The second-order valence-electron chi connectivity index (χ2n) is 17.5. The quantitative estimate of drug-likeness (QED) is 0.0479. The highest BCUT2D eigenvalue weighted by atomic mass is 79.9. The molecule has 0 unspecified atom stereocenters. The van der Waals surface area contributed by atoms with Crippen LogP contribution in [-0.2, 0) is 18.9 Å². The summed E-state index contributed by atoms with van der Waals surface area (Å²) in [5, 5.41) is 0. The lowest BCUT2D eigenvalue weighted by molar-refractivity contribution is -0.923. The molecule has 57 heavy (non-hydrogen) atoms. The third-order valence-electron chi connectivity index (χ3n) is 13.4. The fraction of sp³-hybridized carbons (Fsp3) is 1.00. The Bertz CT molecular complexity index is 691. The van der Waals surface area contributed by atoms with Crippen molar-refractivity contribution in [3.8, 4) is 0 Å². The number of ether oxygens (including phenoxy) is 4. The summed E-state index contributed by atoms with van der Waals surface area (Å²) < 4.78 is 28.1. The van der Waals surface area contributed by atoms with E-state index in [1.165, 1.54) is 187 Å². The van der Waals surface area contributed by atoms with Crippen molar-refractivity contribution in [1.82, 2.24) is 0 Å². The number of nitrogens with zero attached hydrogens (tertiary/aromatic N) is 2. The fourth-order valence-corrected chi connectivity index (χ4v) is 8.38. The van der Waals surface area contributed by atoms with Gasteiger partial charge < -0.3 is 61.9 Å². The fourth-order valence-electron chi connectivity index (χ4n) is 8.38. The van der Waals surface area contributed by atoms with Crippen molar-refractivity contribution in [3.63, 3.8) is 0 Å². The normalized spacial score (nSPS) is 12.2. The number of hydrogen-bond donors (Lipinski definition) is 0. The van der Waals surface area contributed by atoms with E-state index in [1.54, 1.807) is 0 Å². The van der Waals surface area contributed by atoms with Crippen molar-refractivity contribution in [3.05, 3.63) is 0 Å². The van der Waals surface area contributed by atoms with Gasteiger partial charge in [-0.3, -0.25) is 0 Å². The zero-order valence-corrected chi connectivity index (χ0v) is 43.2. The Labute approximate surface area is 380 Å². The van der Waals surface area contributed by atoms with E-state index in [0.717, 1.165) is 81.3 Å². The Kier molecular flexibility index (Phi) is 48.7. The van der Waals surface area contributed by atoms with Gasteiger partial charge in [0.1, 0.15) is 13.1 Å². The molecule has 0 rings (SSSR count). The molecule has 0 aliphatic carbocycles. The average molecular weight is 945 g/mol. The molecule has 0 saturated carbocycles. The molecule has 0 aliphatic heterocycles. The first kappa shape index (κ1) is 62.0. The van der Waals surface area contributed by atoms with Crippen molar-refractivity contribution in [1.29, 1.82) is 0 Å². The van der Waals surface area contributed by atoms with Gasteiger partial charge in [-0.15, -0.1) is 0 Å². The maximum atomic E-state index is 6.67. The van der Waals surface area contributed by atoms with Gasteiger partial charge in [-0.05, 0) is 67.2 Å². The molecule has 0 amide bonds. The largest absolute Gasteiger partial charge is 1.00 e. The van der Waals surface area contributed by atoms with Crippen LogP contribution in [0.15, 0.2) is 0 Å². The van der Waals surface area contributed by atoms with E-state index < -0.39 is 0 Å². The van der Waals surface area contributed by atoms with Crippen LogP contribution in [0.1, 0.15) is 209 Å². The van der Waals surface area contributed by atoms with E-state index in [-0.39, 0.29) is 39.4 Å². The standard InChI is InChI=1S/C49H104N2O4.2BrH/c1-9-17-19-21-22-23-24-25-26-28-33-37-43-53-46-49(47-54-44-39-50(11-3,12-4)13-5,48-55-45-40-51(14-6,15-7)16-8)38-34-30-27-29-32-36-42-52-41-35-31-20-18-10-2;;/h9-48H2,1-8H3;2*1H/q+2;;/p-2. The van der Waals surface area contributed by atoms with Gasteiger partial charge in [0, 0.05) is 25.2 Å². The SMILES string of the molecule is CCCCCCCCCCCCCCOCC(CCCCCCCCOCCCCCCC)(COCC[N+](CC)(CC)CC)COCC[N+](CC)(CC)CC.[Br-].[Br-]. The highest BCUT2D eigenvalue weighted by Crippen LogP contribution is 2.29. The van der Waals surface area contributed by atoms with Crippen LogP contribution in [0.3, 0.4) is 0 Å². The monoisotopic (exact) mass is 943 g/mol. The third kappa shape index (κ3) is 34.0. The molecule has 0 heterocycles. The smallest absolute Gasteiger partial charge is 0.102 e. The lowest BCUT2D eigenvalue weighted by Crippen LogP contribution is -3.00. The highest BCUT2D eigenvalue weighted by Gasteiger charge is 2.33. The van der Waals surface area contributed by atoms with E-state index in [0.29, 0.717) is 0 Å². The minimum Gasteiger partial charge on any atom is -1.00 e. The van der Waals surface area contributed by atoms with Gasteiger partial charge in [0.25, 0.3) is 0 Å². The zero-order valence-electron chi connectivity index (χ0n) is 40.1. The van der Waals surface area contributed by atoms with Gasteiger partial charge in [-0.1, -0.05) is 142 Å². The minimum absolute atomic E-state index is 0. The summed E-state index contributed by atoms with van der Waals surface area (Å²) in [4.78, 5) is 0. The molecule has 0 spiro atoms. The predicted octanol–water partition coefficient (Wildman–Crippen LogP) is 7.20. The first-order valence-corrected chi connectivity index (χ1v) is 24.9. The summed E-state index contributed by atoms with van der Waals surface area (Å²) in [6.45, 7) is 34.4. The Morgan fingerprint density at radius 3 is 0.877 bits per heavy atom. The topological polar surface area (TPSA) is 36.9 Å². The van der Waals surface area contributed by atoms with Gasteiger partial charge in [0.15, 0.2) is 0 Å². The van der Waals surface area contributed by atoms with E-state index >= 15 is 0 Å². The van der Waals surface area contributed by atoms with Gasteiger partial charge in [-0.2, -0.15) is 0 Å². The van der Waals surface area contributed by atoms with Gasteiger partial charge in [-0.25, -0.2) is 0 Å². The third-order valence-corrected chi connectivity index (χ3v) is 13.4. The Hall–Kier alpha value is 0.720. The molecule has 0 bridgehead atoms.